The summed E-state index contributed by atoms with van der Waals surface area (Å²) < 4.78 is 0. The summed E-state index contributed by atoms with van der Waals surface area (Å²) in [5, 5.41) is 0.731. The maximum absolute atomic E-state index is 5.65. The molecule has 0 aliphatic carbocycles. The van der Waals surface area contributed by atoms with Crippen LogP contribution in [0.3, 0.4) is 0 Å². The molecule has 0 atom stereocenters. The second kappa shape index (κ2) is 3.29. The van der Waals surface area contributed by atoms with E-state index in [4.69, 9.17) is 18.0 Å². The average molecular weight is 150 g/mol. The van der Waals surface area contributed by atoms with Gasteiger partial charge in [0, 0.05) is 5.02 Å². The number of halogens is 1. The van der Waals surface area contributed by atoms with Gasteiger partial charge in [-0.1, -0.05) is 29.7 Å². The van der Waals surface area contributed by atoms with Crippen LogP contribution in [0, 0.1) is 18.8 Å². The maximum atomic E-state index is 5.65. The average Bonchev–Trinajstić information content (AvgIpc) is 1.95. The third kappa shape index (κ3) is 1.79. The first-order valence-electron chi connectivity index (χ1n) is 2.88. The number of hydrogen-bond acceptors (Lipinski definition) is 0. The highest BCUT2D eigenvalue weighted by molar-refractivity contribution is 6.30. The molecule has 0 heterocycles. The Kier molecular flexibility index (Phi) is 2.36. The fourth-order valence-corrected chi connectivity index (χ4v) is 0.781. The fraction of sp³-hybridized carbons (Fsp3) is 0. The minimum absolute atomic E-state index is 0.731. The normalized spacial score (nSPS) is 8.80. The highest BCUT2D eigenvalue weighted by Crippen LogP contribution is 2.09. The topological polar surface area (TPSA) is 0 Å². The Labute approximate surface area is 65.8 Å². The highest BCUT2D eigenvalue weighted by Gasteiger charge is 1.88. The molecule has 0 amide bonds. The second-order valence-corrected chi connectivity index (χ2v) is 2.30. The minimum Gasteiger partial charge on any atom is -0.119 e. The summed E-state index contributed by atoms with van der Waals surface area (Å²) in [5.74, 6) is 2.44. The van der Waals surface area contributed by atoms with Crippen molar-refractivity contribution in [1.82, 2.24) is 0 Å². The van der Waals surface area contributed by atoms with Gasteiger partial charge in [-0.15, -0.1) is 6.42 Å². The molecular formula is C9H6Cl. The number of terminal acetylenes is 1. The zero-order valence-electron chi connectivity index (χ0n) is 5.34. The molecule has 1 radical (unpaired) electrons. The summed E-state index contributed by atoms with van der Waals surface area (Å²) in [7, 11) is 0. The molecule has 0 aliphatic rings. The van der Waals surface area contributed by atoms with Crippen molar-refractivity contribution in [2.45, 2.75) is 0 Å². The van der Waals surface area contributed by atoms with Crippen molar-refractivity contribution in [2.75, 3.05) is 0 Å². The summed E-state index contributed by atoms with van der Waals surface area (Å²) in [5.41, 5.74) is 1.01. The molecule has 1 aromatic rings. The Morgan fingerprint density at radius 2 is 1.90 bits per heavy atom. The SMILES string of the molecule is C#C[CH]c1ccc(Cl)cc1. The van der Waals surface area contributed by atoms with E-state index in [1.807, 2.05) is 24.3 Å². The number of rotatable bonds is 1. The molecule has 0 saturated heterocycles. The van der Waals surface area contributed by atoms with E-state index >= 15 is 0 Å². The van der Waals surface area contributed by atoms with E-state index in [9.17, 15) is 0 Å². The van der Waals surface area contributed by atoms with E-state index in [2.05, 4.69) is 5.92 Å². The molecular weight excluding hydrogens is 144 g/mol. The lowest BCUT2D eigenvalue weighted by atomic mass is 10.2. The first-order chi connectivity index (χ1) is 4.83. The van der Waals surface area contributed by atoms with Gasteiger partial charge in [0.2, 0.25) is 0 Å². The maximum Gasteiger partial charge on any atom is 0.0628 e. The standard InChI is InChI=1S/C9H6Cl/c1-2-3-8-4-6-9(10)7-5-8/h1,3-7H. The van der Waals surface area contributed by atoms with Crippen LogP contribution in [0.15, 0.2) is 24.3 Å². The van der Waals surface area contributed by atoms with Crippen molar-refractivity contribution in [3.8, 4) is 12.3 Å². The van der Waals surface area contributed by atoms with Crippen LogP contribution in [0.25, 0.3) is 0 Å². The summed E-state index contributed by atoms with van der Waals surface area (Å²) in [6.45, 7) is 0. The van der Waals surface area contributed by atoms with E-state index in [0.717, 1.165) is 10.6 Å². The van der Waals surface area contributed by atoms with Crippen LogP contribution in [0.2, 0.25) is 5.02 Å². The van der Waals surface area contributed by atoms with E-state index in [-0.39, 0.29) is 0 Å². The minimum atomic E-state index is 0.731. The van der Waals surface area contributed by atoms with Crippen molar-refractivity contribution in [2.24, 2.45) is 0 Å². The highest BCUT2D eigenvalue weighted by atomic mass is 35.5. The third-order valence-corrected chi connectivity index (χ3v) is 1.37. The smallest absolute Gasteiger partial charge is 0.0628 e. The van der Waals surface area contributed by atoms with Gasteiger partial charge < -0.3 is 0 Å². The zero-order chi connectivity index (χ0) is 7.40. The summed E-state index contributed by atoms with van der Waals surface area (Å²) >= 11 is 5.65. The molecule has 0 aromatic heterocycles. The van der Waals surface area contributed by atoms with Crippen LogP contribution in [0.4, 0.5) is 0 Å². The lowest BCUT2D eigenvalue weighted by Gasteiger charge is -1.92. The van der Waals surface area contributed by atoms with Crippen LogP contribution < -0.4 is 0 Å². The van der Waals surface area contributed by atoms with Crippen molar-refractivity contribution in [1.29, 1.82) is 0 Å². The molecule has 0 fully saturated rings. The quantitative estimate of drug-likeness (QED) is 0.539. The fourth-order valence-electron chi connectivity index (χ4n) is 0.655. The Hall–Kier alpha value is -0.930. The Balaban J connectivity index is 2.81. The zero-order valence-corrected chi connectivity index (χ0v) is 6.10. The lowest BCUT2D eigenvalue weighted by Crippen LogP contribution is -1.75. The largest absolute Gasteiger partial charge is 0.119 e. The van der Waals surface area contributed by atoms with Gasteiger partial charge in [0.15, 0.2) is 0 Å². The molecule has 0 spiro atoms. The molecule has 0 aliphatic heterocycles. The van der Waals surface area contributed by atoms with Crippen molar-refractivity contribution >= 4 is 11.6 Å². The number of hydrogen-bond donors (Lipinski definition) is 0. The molecule has 0 nitrogen and oxygen atoms in total. The van der Waals surface area contributed by atoms with Crippen molar-refractivity contribution in [3.05, 3.63) is 41.3 Å². The molecule has 0 N–H and O–H groups in total. The Morgan fingerprint density at radius 1 is 1.30 bits per heavy atom. The molecule has 0 unspecified atom stereocenters. The second-order valence-electron chi connectivity index (χ2n) is 1.86. The molecule has 1 heteroatoms. The molecule has 0 saturated carbocycles. The van der Waals surface area contributed by atoms with Crippen LogP contribution in [-0.4, -0.2) is 0 Å². The predicted octanol–water partition coefficient (Wildman–Crippen LogP) is 2.53. The lowest BCUT2D eigenvalue weighted by molar-refractivity contribution is 1.55. The van der Waals surface area contributed by atoms with E-state index in [1.54, 1.807) is 6.42 Å². The monoisotopic (exact) mass is 149 g/mol. The summed E-state index contributed by atoms with van der Waals surface area (Å²) in [4.78, 5) is 0. The van der Waals surface area contributed by atoms with E-state index in [1.165, 1.54) is 0 Å². The Morgan fingerprint density at radius 3 is 2.40 bits per heavy atom. The summed E-state index contributed by atoms with van der Waals surface area (Å²) in [6, 6.07) is 7.37. The predicted molar refractivity (Wildman–Crippen MR) is 43.7 cm³/mol. The number of benzene rings is 1. The molecule has 10 heavy (non-hydrogen) atoms. The van der Waals surface area contributed by atoms with Gasteiger partial charge in [-0.2, -0.15) is 0 Å². The molecule has 49 valence electrons. The van der Waals surface area contributed by atoms with Gasteiger partial charge in [-0.25, -0.2) is 0 Å². The van der Waals surface area contributed by atoms with Gasteiger partial charge in [0.25, 0.3) is 0 Å². The van der Waals surface area contributed by atoms with Gasteiger partial charge >= 0.3 is 0 Å². The van der Waals surface area contributed by atoms with E-state index < -0.39 is 0 Å². The van der Waals surface area contributed by atoms with Crippen LogP contribution in [0.1, 0.15) is 5.56 Å². The van der Waals surface area contributed by atoms with Gasteiger partial charge in [-0.05, 0) is 17.7 Å². The Bertz CT molecular complexity index is 240. The molecule has 1 rings (SSSR count). The van der Waals surface area contributed by atoms with Crippen LogP contribution in [-0.2, 0) is 0 Å². The first kappa shape index (κ1) is 7.18. The van der Waals surface area contributed by atoms with E-state index in [0.29, 0.717) is 0 Å². The molecule has 0 bridgehead atoms. The molecule has 1 aromatic carbocycles. The van der Waals surface area contributed by atoms with Crippen LogP contribution in [0.5, 0.6) is 0 Å². The van der Waals surface area contributed by atoms with Crippen LogP contribution >= 0.6 is 11.6 Å². The third-order valence-electron chi connectivity index (χ3n) is 1.12. The van der Waals surface area contributed by atoms with Gasteiger partial charge in [-0.3, -0.25) is 0 Å². The van der Waals surface area contributed by atoms with Gasteiger partial charge in [0.05, 0.1) is 6.42 Å². The van der Waals surface area contributed by atoms with Crippen molar-refractivity contribution < 1.29 is 0 Å². The van der Waals surface area contributed by atoms with Gasteiger partial charge in [0.1, 0.15) is 0 Å². The first-order valence-corrected chi connectivity index (χ1v) is 3.25. The summed E-state index contributed by atoms with van der Waals surface area (Å²) in [6.07, 6.45) is 6.75. The van der Waals surface area contributed by atoms with Crippen molar-refractivity contribution in [3.63, 3.8) is 0 Å².